The molecule has 0 saturated carbocycles. The maximum atomic E-state index is 12.4. The Kier molecular flexibility index (Phi) is 5.49. The van der Waals surface area contributed by atoms with Crippen molar-refractivity contribution < 1.29 is 14.4 Å². The molecule has 2 aromatic carbocycles. The van der Waals surface area contributed by atoms with E-state index in [1.165, 1.54) is 17.7 Å². The number of benzene rings is 2. The smallest absolute Gasteiger partial charge is 0.279 e. The summed E-state index contributed by atoms with van der Waals surface area (Å²) < 4.78 is 5.90. The second kappa shape index (κ2) is 7.97. The van der Waals surface area contributed by atoms with Gasteiger partial charge in [0, 0.05) is 5.92 Å². The molecule has 126 valence electrons. The van der Waals surface area contributed by atoms with Gasteiger partial charge in [-0.25, -0.2) is 0 Å². The molecule has 1 heterocycles. The van der Waals surface area contributed by atoms with Crippen LogP contribution >= 0.6 is 0 Å². The summed E-state index contributed by atoms with van der Waals surface area (Å²) >= 11 is 0. The SMILES string of the molecule is C[C@H]1CCC[NH+](CC(=O)Nc2ccccc2Oc2ccccc2)C1. The first-order valence-corrected chi connectivity index (χ1v) is 8.66. The van der Waals surface area contributed by atoms with Gasteiger partial charge in [-0.05, 0) is 37.1 Å². The molecule has 1 saturated heterocycles. The van der Waals surface area contributed by atoms with Crippen LogP contribution in [-0.2, 0) is 4.79 Å². The standard InChI is InChI=1S/C20H24N2O2/c1-16-8-7-13-22(14-16)15-20(23)21-18-11-5-6-12-19(18)24-17-9-3-2-4-10-17/h2-6,9-12,16H,7-8,13-15H2,1H3,(H,21,23)/p+1/t16-/m0/s1. The van der Waals surface area contributed by atoms with Crippen LogP contribution in [0.5, 0.6) is 11.5 Å². The van der Waals surface area contributed by atoms with E-state index in [9.17, 15) is 4.79 Å². The van der Waals surface area contributed by atoms with E-state index in [4.69, 9.17) is 4.74 Å². The molecule has 3 rings (SSSR count). The van der Waals surface area contributed by atoms with Gasteiger partial charge >= 0.3 is 0 Å². The minimum atomic E-state index is 0.0446. The van der Waals surface area contributed by atoms with Crippen LogP contribution in [0, 0.1) is 5.92 Å². The molecule has 0 spiro atoms. The molecule has 24 heavy (non-hydrogen) atoms. The van der Waals surface area contributed by atoms with Crippen molar-refractivity contribution in [2.24, 2.45) is 5.92 Å². The highest BCUT2D eigenvalue weighted by Gasteiger charge is 2.22. The van der Waals surface area contributed by atoms with Gasteiger partial charge in [0.05, 0.1) is 18.8 Å². The van der Waals surface area contributed by atoms with Crippen LogP contribution in [-0.4, -0.2) is 25.5 Å². The van der Waals surface area contributed by atoms with Crippen molar-refractivity contribution in [2.75, 3.05) is 25.0 Å². The number of piperidine rings is 1. The summed E-state index contributed by atoms with van der Waals surface area (Å²) in [5, 5.41) is 3.01. The van der Waals surface area contributed by atoms with E-state index in [0.717, 1.165) is 24.5 Å². The third kappa shape index (κ3) is 4.59. The summed E-state index contributed by atoms with van der Waals surface area (Å²) in [6.07, 6.45) is 2.48. The van der Waals surface area contributed by atoms with Gasteiger partial charge in [-0.1, -0.05) is 37.3 Å². The summed E-state index contributed by atoms with van der Waals surface area (Å²) in [5.41, 5.74) is 0.718. The number of carbonyl (C=O) groups excluding carboxylic acids is 1. The summed E-state index contributed by atoms with van der Waals surface area (Å²) in [5.74, 6) is 2.17. The Labute approximate surface area is 143 Å². The highest BCUT2D eigenvalue weighted by molar-refractivity contribution is 5.93. The molecule has 2 atom stereocenters. The number of nitrogens with one attached hydrogen (secondary N) is 2. The first kappa shape index (κ1) is 16.5. The fraction of sp³-hybridized carbons (Fsp3) is 0.350. The van der Waals surface area contributed by atoms with Crippen molar-refractivity contribution >= 4 is 11.6 Å². The van der Waals surface area contributed by atoms with E-state index in [0.29, 0.717) is 18.2 Å². The van der Waals surface area contributed by atoms with E-state index >= 15 is 0 Å². The van der Waals surface area contributed by atoms with Crippen molar-refractivity contribution in [3.8, 4) is 11.5 Å². The lowest BCUT2D eigenvalue weighted by molar-refractivity contribution is -0.900. The largest absolute Gasteiger partial charge is 0.455 e. The molecule has 1 aliphatic heterocycles. The van der Waals surface area contributed by atoms with E-state index in [-0.39, 0.29) is 5.91 Å². The maximum Gasteiger partial charge on any atom is 0.279 e. The van der Waals surface area contributed by atoms with Crippen LogP contribution < -0.4 is 15.0 Å². The van der Waals surface area contributed by atoms with E-state index < -0.39 is 0 Å². The van der Waals surface area contributed by atoms with Crippen LogP contribution in [0.3, 0.4) is 0 Å². The Balaban J connectivity index is 1.63. The zero-order valence-corrected chi connectivity index (χ0v) is 14.1. The Morgan fingerprint density at radius 3 is 2.71 bits per heavy atom. The van der Waals surface area contributed by atoms with E-state index in [1.807, 2.05) is 54.6 Å². The number of hydrogen-bond donors (Lipinski definition) is 2. The van der Waals surface area contributed by atoms with Gasteiger partial charge in [-0.2, -0.15) is 0 Å². The van der Waals surface area contributed by atoms with Crippen molar-refractivity contribution in [3.05, 3.63) is 54.6 Å². The molecule has 0 aromatic heterocycles. The Morgan fingerprint density at radius 1 is 1.17 bits per heavy atom. The van der Waals surface area contributed by atoms with Gasteiger partial charge in [0.25, 0.3) is 5.91 Å². The van der Waals surface area contributed by atoms with Gasteiger partial charge in [0.1, 0.15) is 5.75 Å². The van der Waals surface area contributed by atoms with Crippen LogP contribution in [0.1, 0.15) is 19.8 Å². The average Bonchev–Trinajstić information content (AvgIpc) is 2.57. The number of para-hydroxylation sites is 3. The molecule has 0 aliphatic carbocycles. The zero-order chi connectivity index (χ0) is 16.8. The molecule has 2 aromatic rings. The van der Waals surface area contributed by atoms with Crippen molar-refractivity contribution in [3.63, 3.8) is 0 Å². The van der Waals surface area contributed by atoms with Crippen molar-refractivity contribution in [2.45, 2.75) is 19.8 Å². The lowest BCUT2D eigenvalue weighted by Gasteiger charge is -2.27. The lowest BCUT2D eigenvalue weighted by Crippen LogP contribution is -3.14. The summed E-state index contributed by atoms with van der Waals surface area (Å²) in [6, 6.07) is 17.2. The normalized spacial score (nSPS) is 20.4. The van der Waals surface area contributed by atoms with Gasteiger partial charge in [0.15, 0.2) is 12.3 Å². The molecule has 1 fully saturated rings. The number of rotatable bonds is 5. The number of hydrogen-bond acceptors (Lipinski definition) is 2. The van der Waals surface area contributed by atoms with Gasteiger partial charge in [0.2, 0.25) is 0 Å². The van der Waals surface area contributed by atoms with Crippen LogP contribution in [0.2, 0.25) is 0 Å². The molecule has 4 nitrogen and oxygen atoms in total. The minimum absolute atomic E-state index is 0.0446. The Hall–Kier alpha value is -2.33. The molecular formula is C20H25N2O2+. The zero-order valence-electron chi connectivity index (χ0n) is 14.1. The van der Waals surface area contributed by atoms with Crippen molar-refractivity contribution in [1.29, 1.82) is 0 Å². The molecule has 4 heteroatoms. The fourth-order valence-corrected chi connectivity index (χ4v) is 3.25. The first-order valence-electron chi connectivity index (χ1n) is 8.66. The molecule has 0 bridgehead atoms. The highest BCUT2D eigenvalue weighted by Crippen LogP contribution is 2.28. The van der Waals surface area contributed by atoms with Gasteiger partial charge < -0.3 is 15.0 Å². The highest BCUT2D eigenvalue weighted by atomic mass is 16.5. The predicted octanol–water partition coefficient (Wildman–Crippen LogP) is 2.73. The van der Waals surface area contributed by atoms with Crippen LogP contribution in [0.15, 0.2) is 54.6 Å². The number of ether oxygens (including phenoxy) is 1. The number of carbonyl (C=O) groups is 1. The minimum Gasteiger partial charge on any atom is -0.455 e. The molecule has 0 radical (unpaired) electrons. The molecule has 2 N–H and O–H groups in total. The maximum absolute atomic E-state index is 12.4. The average molecular weight is 325 g/mol. The predicted molar refractivity (Wildman–Crippen MR) is 95.5 cm³/mol. The first-order chi connectivity index (χ1) is 11.7. The van der Waals surface area contributed by atoms with Crippen LogP contribution in [0.25, 0.3) is 0 Å². The molecule has 1 aliphatic rings. The second-order valence-electron chi connectivity index (χ2n) is 6.59. The third-order valence-corrected chi connectivity index (χ3v) is 4.41. The second-order valence-corrected chi connectivity index (χ2v) is 6.59. The number of quaternary nitrogens is 1. The molecular weight excluding hydrogens is 300 g/mol. The molecule has 1 amide bonds. The monoisotopic (exact) mass is 325 g/mol. The summed E-state index contributed by atoms with van der Waals surface area (Å²) in [7, 11) is 0. The fourth-order valence-electron chi connectivity index (χ4n) is 3.25. The third-order valence-electron chi connectivity index (χ3n) is 4.41. The van der Waals surface area contributed by atoms with Crippen molar-refractivity contribution in [1.82, 2.24) is 0 Å². The summed E-state index contributed by atoms with van der Waals surface area (Å²) in [6.45, 7) is 4.94. The number of amides is 1. The van der Waals surface area contributed by atoms with Gasteiger partial charge in [-0.15, -0.1) is 0 Å². The Morgan fingerprint density at radius 2 is 1.92 bits per heavy atom. The Bertz CT molecular complexity index is 672. The summed E-state index contributed by atoms with van der Waals surface area (Å²) in [4.78, 5) is 13.8. The topological polar surface area (TPSA) is 42.8 Å². The molecule has 1 unspecified atom stereocenters. The quantitative estimate of drug-likeness (QED) is 0.888. The van der Waals surface area contributed by atoms with E-state index in [1.54, 1.807) is 0 Å². The lowest BCUT2D eigenvalue weighted by atomic mass is 10.0. The van der Waals surface area contributed by atoms with Gasteiger partial charge in [-0.3, -0.25) is 4.79 Å². The number of anilines is 1. The van der Waals surface area contributed by atoms with Crippen LogP contribution in [0.4, 0.5) is 5.69 Å². The number of likely N-dealkylation sites (tertiary alicyclic amines) is 1. The van der Waals surface area contributed by atoms with E-state index in [2.05, 4.69) is 12.2 Å².